The van der Waals surface area contributed by atoms with Gasteiger partial charge in [0.05, 0.1) is 18.9 Å². The van der Waals surface area contributed by atoms with Crippen molar-refractivity contribution in [2.75, 3.05) is 6.54 Å². The standard InChI is InChI=1S/C16H20N2O/c17-11-6-12-18(15-9-4-5-10-15)16(19)13-14-7-2-1-3-8-14/h1-3,7-8,15H,4-6,9-10,12-13H2. The largest absolute Gasteiger partial charge is 0.338 e. The molecule has 0 heterocycles. The van der Waals surface area contributed by atoms with Gasteiger partial charge in [-0.05, 0) is 18.4 Å². The molecule has 3 nitrogen and oxygen atoms in total. The van der Waals surface area contributed by atoms with Gasteiger partial charge < -0.3 is 4.90 Å². The van der Waals surface area contributed by atoms with Gasteiger partial charge in [-0.25, -0.2) is 0 Å². The van der Waals surface area contributed by atoms with Crippen molar-refractivity contribution in [1.82, 2.24) is 4.90 Å². The van der Waals surface area contributed by atoms with E-state index in [2.05, 4.69) is 6.07 Å². The summed E-state index contributed by atoms with van der Waals surface area (Å²) in [4.78, 5) is 14.4. The van der Waals surface area contributed by atoms with Crippen LogP contribution in [0, 0.1) is 11.3 Å². The van der Waals surface area contributed by atoms with Crippen molar-refractivity contribution in [3.05, 3.63) is 35.9 Å². The zero-order valence-electron chi connectivity index (χ0n) is 11.2. The number of hydrogen-bond acceptors (Lipinski definition) is 2. The van der Waals surface area contributed by atoms with Crippen molar-refractivity contribution in [2.45, 2.75) is 44.6 Å². The summed E-state index contributed by atoms with van der Waals surface area (Å²) in [5.41, 5.74) is 1.05. The first-order valence-electron chi connectivity index (χ1n) is 7.01. The number of nitriles is 1. The van der Waals surface area contributed by atoms with Crippen LogP contribution in [0.15, 0.2) is 30.3 Å². The predicted octanol–water partition coefficient (Wildman–Crippen LogP) is 2.91. The van der Waals surface area contributed by atoms with Gasteiger partial charge >= 0.3 is 0 Å². The van der Waals surface area contributed by atoms with Crippen LogP contribution in [0.5, 0.6) is 0 Å². The SMILES string of the molecule is N#CCCN(C(=O)Cc1ccccc1)C1CCCC1. The molecule has 1 aliphatic carbocycles. The second-order valence-electron chi connectivity index (χ2n) is 5.10. The van der Waals surface area contributed by atoms with E-state index in [-0.39, 0.29) is 5.91 Å². The number of amides is 1. The highest BCUT2D eigenvalue weighted by Crippen LogP contribution is 2.24. The van der Waals surface area contributed by atoms with Crippen molar-refractivity contribution < 1.29 is 4.79 Å². The molecule has 1 aromatic rings. The molecular formula is C16H20N2O. The van der Waals surface area contributed by atoms with Gasteiger partial charge in [0.25, 0.3) is 0 Å². The lowest BCUT2D eigenvalue weighted by Crippen LogP contribution is -2.40. The summed E-state index contributed by atoms with van der Waals surface area (Å²) >= 11 is 0. The minimum Gasteiger partial charge on any atom is -0.338 e. The molecule has 100 valence electrons. The average Bonchev–Trinajstić information content (AvgIpc) is 2.94. The van der Waals surface area contributed by atoms with Crippen LogP contribution in [0.4, 0.5) is 0 Å². The number of carbonyl (C=O) groups excluding carboxylic acids is 1. The lowest BCUT2D eigenvalue weighted by molar-refractivity contribution is -0.132. The van der Waals surface area contributed by atoms with Crippen molar-refractivity contribution in [1.29, 1.82) is 5.26 Å². The van der Waals surface area contributed by atoms with Crippen molar-refractivity contribution in [3.8, 4) is 6.07 Å². The fraction of sp³-hybridized carbons (Fsp3) is 0.500. The molecule has 0 saturated heterocycles. The maximum atomic E-state index is 12.4. The summed E-state index contributed by atoms with van der Waals surface area (Å²) < 4.78 is 0. The van der Waals surface area contributed by atoms with Crippen LogP contribution in [0.25, 0.3) is 0 Å². The van der Waals surface area contributed by atoms with Crippen LogP contribution in [0.2, 0.25) is 0 Å². The highest BCUT2D eigenvalue weighted by molar-refractivity contribution is 5.79. The lowest BCUT2D eigenvalue weighted by Gasteiger charge is -2.28. The van der Waals surface area contributed by atoms with Gasteiger partial charge in [-0.1, -0.05) is 43.2 Å². The van der Waals surface area contributed by atoms with Crippen LogP contribution in [-0.4, -0.2) is 23.4 Å². The van der Waals surface area contributed by atoms with Crippen LogP contribution in [-0.2, 0) is 11.2 Å². The molecule has 0 aliphatic heterocycles. The molecular weight excluding hydrogens is 236 g/mol. The first kappa shape index (κ1) is 13.6. The van der Waals surface area contributed by atoms with E-state index in [4.69, 9.17) is 5.26 Å². The van der Waals surface area contributed by atoms with Crippen molar-refractivity contribution in [3.63, 3.8) is 0 Å². The number of nitrogens with zero attached hydrogens (tertiary/aromatic N) is 2. The lowest BCUT2D eigenvalue weighted by atomic mass is 10.1. The molecule has 0 radical (unpaired) electrons. The summed E-state index contributed by atoms with van der Waals surface area (Å²) in [6, 6.07) is 12.3. The van der Waals surface area contributed by atoms with Crippen LogP contribution in [0.3, 0.4) is 0 Å². The fourth-order valence-corrected chi connectivity index (χ4v) is 2.77. The van der Waals surface area contributed by atoms with Crippen molar-refractivity contribution >= 4 is 5.91 Å². The van der Waals surface area contributed by atoms with E-state index in [9.17, 15) is 4.79 Å². The Morgan fingerprint density at radius 3 is 2.58 bits per heavy atom. The molecule has 0 spiro atoms. The molecule has 1 saturated carbocycles. The van der Waals surface area contributed by atoms with Gasteiger partial charge in [0.15, 0.2) is 0 Å². The third-order valence-corrected chi connectivity index (χ3v) is 3.75. The summed E-state index contributed by atoms with van der Waals surface area (Å²) in [6.45, 7) is 0.576. The molecule has 0 N–H and O–H groups in total. The molecule has 3 heteroatoms. The zero-order valence-corrected chi connectivity index (χ0v) is 11.2. The molecule has 0 bridgehead atoms. The van der Waals surface area contributed by atoms with E-state index >= 15 is 0 Å². The maximum Gasteiger partial charge on any atom is 0.227 e. The Hall–Kier alpha value is -1.82. The normalized spacial score (nSPS) is 15.1. The molecule has 1 fully saturated rings. The quantitative estimate of drug-likeness (QED) is 0.813. The summed E-state index contributed by atoms with van der Waals surface area (Å²) in [7, 11) is 0. The van der Waals surface area contributed by atoms with Gasteiger partial charge in [0.1, 0.15) is 0 Å². The summed E-state index contributed by atoms with van der Waals surface area (Å²) in [5.74, 6) is 0.161. The van der Waals surface area contributed by atoms with E-state index in [0.29, 0.717) is 25.4 Å². The minimum atomic E-state index is 0.161. The molecule has 1 amide bonds. The van der Waals surface area contributed by atoms with E-state index in [1.54, 1.807) is 0 Å². The Labute approximate surface area is 114 Å². The van der Waals surface area contributed by atoms with E-state index in [1.165, 1.54) is 12.8 Å². The molecule has 1 aromatic carbocycles. The molecule has 2 rings (SSSR count). The monoisotopic (exact) mass is 256 g/mol. The Morgan fingerprint density at radius 2 is 1.95 bits per heavy atom. The number of benzene rings is 1. The average molecular weight is 256 g/mol. The van der Waals surface area contributed by atoms with E-state index < -0.39 is 0 Å². The van der Waals surface area contributed by atoms with Crippen LogP contribution in [0.1, 0.15) is 37.7 Å². The first-order chi connectivity index (χ1) is 9.31. The highest BCUT2D eigenvalue weighted by atomic mass is 16.2. The van der Waals surface area contributed by atoms with Gasteiger partial charge in [-0.2, -0.15) is 5.26 Å². The Bertz CT molecular complexity index is 444. The first-order valence-corrected chi connectivity index (χ1v) is 7.01. The number of carbonyl (C=O) groups is 1. The summed E-state index contributed by atoms with van der Waals surface area (Å²) in [5, 5.41) is 8.74. The van der Waals surface area contributed by atoms with Gasteiger partial charge in [-0.15, -0.1) is 0 Å². The Kier molecular flexibility index (Phi) is 4.97. The molecule has 1 aliphatic rings. The molecule has 19 heavy (non-hydrogen) atoms. The second-order valence-corrected chi connectivity index (χ2v) is 5.10. The van der Waals surface area contributed by atoms with Gasteiger partial charge in [0.2, 0.25) is 5.91 Å². The topological polar surface area (TPSA) is 44.1 Å². The van der Waals surface area contributed by atoms with E-state index in [1.807, 2.05) is 35.2 Å². The predicted molar refractivity (Wildman–Crippen MR) is 74.3 cm³/mol. The van der Waals surface area contributed by atoms with Crippen LogP contribution < -0.4 is 0 Å². The minimum absolute atomic E-state index is 0.161. The van der Waals surface area contributed by atoms with Gasteiger partial charge in [0, 0.05) is 12.6 Å². The maximum absolute atomic E-state index is 12.4. The highest BCUT2D eigenvalue weighted by Gasteiger charge is 2.26. The molecule has 0 atom stereocenters. The van der Waals surface area contributed by atoms with E-state index in [0.717, 1.165) is 18.4 Å². The third-order valence-electron chi connectivity index (χ3n) is 3.75. The third kappa shape index (κ3) is 3.82. The smallest absolute Gasteiger partial charge is 0.227 e. The fourth-order valence-electron chi connectivity index (χ4n) is 2.77. The Balaban J connectivity index is 2.00. The molecule has 0 unspecified atom stereocenters. The summed E-state index contributed by atoms with van der Waals surface area (Å²) in [6.07, 6.45) is 5.45. The van der Waals surface area contributed by atoms with Crippen LogP contribution >= 0.6 is 0 Å². The molecule has 0 aromatic heterocycles. The number of rotatable bonds is 5. The second kappa shape index (κ2) is 6.94. The zero-order chi connectivity index (χ0) is 13.5. The Morgan fingerprint density at radius 1 is 1.26 bits per heavy atom. The number of hydrogen-bond donors (Lipinski definition) is 0. The van der Waals surface area contributed by atoms with Crippen molar-refractivity contribution in [2.24, 2.45) is 0 Å². The van der Waals surface area contributed by atoms with Gasteiger partial charge in [-0.3, -0.25) is 4.79 Å².